The zero-order valence-corrected chi connectivity index (χ0v) is 17.4. The summed E-state index contributed by atoms with van der Waals surface area (Å²) in [4.78, 5) is 23.1. The summed E-state index contributed by atoms with van der Waals surface area (Å²) >= 11 is 12.2. The fraction of sp³-hybridized carbons (Fsp3) is 0.222. The third kappa shape index (κ3) is 5.37. The molecule has 0 fully saturated rings. The van der Waals surface area contributed by atoms with Crippen LogP contribution in [0.1, 0.15) is 13.8 Å². The van der Waals surface area contributed by atoms with Crippen LogP contribution in [-0.4, -0.2) is 33.4 Å². The Labute approximate surface area is 173 Å². The molecule has 1 amide bonds. The van der Waals surface area contributed by atoms with E-state index in [1.807, 2.05) is 0 Å². The Hall–Kier alpha value is -2.29. The normalized spacial score (nSPS) is 11.0. The highest BCUT2D eigenvalue weighted by atomic mass is 35.5. The number of hydrogen-bond donors (Lipinski definition) is 1. The molecule has 0 aliphatic rings. The number of carbonyl (C=O) groups is 2. The van der Waals surface area contributed by atoms with Crippen LogP contribution in [0, 0.1) is 0 Å². The second kappa shape index (κ2) is 9.27. The minimum absolute atomic E-state index is 0.0492. The quantitative estimate of drug-likeness (QED) is 0.656. The molecule has 0 heterocycles. The summed E-state index contributed by atoms with van der Waals surface area (Å²) in [6.07, 6.45) is 0. The first-order valence-electron chi connectivity index (χ1n) is 8.16. The van der Waals surface area contributed by atoms with E-state index in [0.717, 1.165) is 4.31 Å². The first kappa shape index (κ1) is 22.0. The van der Waals surface area contributed by atoms with Crippen LogP contribution in [0.4, 0.5) is 11.4 Å². The van der Waals surface area contributed by atoms with E-state index >= 15 is 0 Å². The van der Waals surface area contributed by atoms with Crippen molar-refractivity contribution >= 4 is 56.5 Å². The number of carbonyl (C=O) groups excluding carboxylic acids is 2. The third-order valence-electron chi connectivity index (χ3n) is 3.52. The van der Waals surface area contributed by atoms with Crippen LogP contribution in [0.5, 0.6) is 0 Å². The second-order valence-electron chi connectivity index (χ2n) is 5.62. The Morgan fingerprint density at radius 3 is 2.32 bits per heavy atom. The lowest BCUT2D eigenvalue weighted by atomic mass is 10.3. The van der Waals surface area contributed by atoms with Gasteiger partial charge in [0.15, 0.2) is 0 Å². The largest absolute Gasteiger partial charge is 0.465 e. The molecule has 0 aliphatic heterocycles. The SMILES string of the molecule is CCOC(=O)CN(c1cc(Cl)ccc1Cl)S(=O)(=O)c1ccc(NC(C)=O)cc1. The number of sulfonamides is 1. The summed E-state index contributed by atoms with van der Waals surface area (Å²) in [6, 6.07) is 9.81. The Morgan fingerprint density at radius 1 is 1.11 bits per heavy atom. The summed E-state index contributed by atoms with van der Waals surface area (Å²) in [7, 11) is -4.18. The van der Waals surface area contributed by atoms with E-state index in [2.05, 4.69) is 5.32 Å². The lowest BCUT2D eigenvalue weighted by molar-refractivity contribution is -0.141. The fourth-order valence-electron chi connectivity index (χ4n) is 2.34. The molecule has 0 unspecified atom stereocenters. The molecule has 0 bridgehead atoms. The van der Waals surface area contributed by atoms with Crippen LogP contribution >= 0.6 is 23.2 Å². The van der Waals surface area contributed by atoms with Gasteiger partial charge in [-0.1, -0.05) is 23.2 Å². The first-order chi connectivity index (χ1) is 13.1. The van der Waals surface area contributed by atoms with Gasteiger partial charge in [-0.2, -0.15) is 0 Å². The molecule has 0 atom stereocenters. The van der Waals surface area contributed by atoms with Crippen molar-refractivity contribution in [1.82, 2.24) is 0 Å². The smallest absolute Gasteiger partial charge is 0.326 e. The van der Waals surface area contributed by atoms with Crippen LogP contribution in [-0.2, 0) is 24.3 Å². The van der Waals surface area contributed by atoms with Crippen molar-refractivity contribution in [2.45, 2.75) is 18.7 Å². The molecule has 28 heavy (non-hydrogen) atoms. The van der Waals surface area contributed by atoms with Gasteiger partial charge >= 0.3 is 5.97 Å². The van der Waals surface area contributed by atoms with Crippen LogP contribution in [0.2, 0.25) is 10.0 Å². The van der Waals surface area contributed by atoms with Crippen molar-refractivity contribution in [2.24, 2.45) is 0 Å². The molecule has 0 aromatic heterocycles. The standard InChI is InChI=1S/C18H18Cl2N2O5S/c1-3-27-18(24)11-22(17-10-13(19)4-9-16(17)20)28(25,26)15-7-5-14(6-8-15)21-12(2)23/h4-10H,3,11H2,1-2H3,(H,21,23). The van der Waals surface area contributed by atoms with Gasteiger partial charge in [0.2, 0.25) is 5.91 Å². The Bertz CT molecular complexity index is 978. The van der Waals surface area contributed by atoms with Crippen LogP contribution < -0.4 is 9.62 Å². The van der Waals surface area contributed by atoms with Gasteiger partial charge in [-0.25, -0.2) is 8.42 Å². The number of esters is 1. The highest BCUT2D eigenvalue weighted by molar-refractivity contribution is 7.92. The number of hydrogen-bond acceptors (Lipinski definition) is 5. The molecule has 10 heteroatoms. The fourth-order valence-corrected chi connectivity index (χ4v) is 4.20. The maximum atomic E-state index is 13.2. The summed E-state index contributed by atoms with van der Waals surface area (Å²) in [6.45, 7) is 2.47. The van der Waals surface area contributed by atoms with E-state index in [0.29, 0.717) is 5.69 Å². The molecule has 0 saturated carbocycles. The van der Waals surface area contributed by atoms with Crippen LogP contribution in [0.3, 0.4) is 0 Å². The molecule has 1 N–H and O–H groups in total. The highest BCUT2D eigenvalue weighted by Gasteiger charge is 2.29. The van der Waals surface area contributed by atoms with Crippen molar-refractivity contribution in [3.63, 3.8) is 0 Å². The minimum atomic E-state index is -4.18. The summed E-state index contributed by atoms with van der Waals surface area (Å²) in [5, 5.41) is 2.91. The van der Waals surface area contributed by atoms with E-state index < -0.39 is 22.5 Å². The van der Waals surface area contributed by atoms with Crippen molar-refractivity contribution in [3.05, 3.63) is 52.5 Å². The number of amides is 1. The molecule has 0 aliphatic carbocycles. The predicted molar refractivity (Wildman–Crippen MR) is 108 cm³/mol. The van der Waals surface area contributed by atoms with Gasteiger partial charge in [-0.3, -0.25) is 13.9 Å². The second-order valence-corrected chi connectivity index (χ2v) is 8.32. The number of nitrogens with one attached hydrogen (secondary N) is 1. The van der Waals surface area contributed by atoms with E-state index in [1.165, 1.54) is 49.4 Å². The van der Waals surface area contributed by atoms with Gasteiger partial charge in [-0.05, 0) is 49.4 Å². The summed E-state index contributed by atoms with van der Waals surface area (Å²) < 4.78 is 32.1. The number of benzene rings is 2. The van der Waals surface area contributed by atoms with E-state index in [1.54, 1.807) is 6.92 Å². The lowest BCUT2D eigenvalue weighted by Crippen LogP contribution is -2.36. The van der Waals surface area contributed by atoms with Gasteiger partial charge < -0.3 is 10.1 Å². The zero-order chi connectivity index (χ0) is 20.9. The first-order valence-corrected chi connectivity index (χ1v) is 10.4. The third-order valence-corrected chi connectivity index (χ3v) is 5.85. The maximum absolute atomic E-state index is 13.2. The average molecular weight is 445 g/mol. The molecule has 7 nitrogen and oxygen atoms in total. The number of ether oxygens (including phenoxy) is 1. The summed E-state index contributed by atoms with van der Waals surface area (Å²) in [5.74, 6) is -1.03. The zero-order valence-electron chi connectivity index (χ0n) is 15.1. The topological polar surface area (TPSA) is 92.8 Å². The Kier molecular flexibility index (Phi) is 7.29. The molecule has 0 saturated heterocycles. The maximum Gasteiger partial charge on any atom is 0.326 e. The number of nitrogens with zero attached hydrogens (tertiary/aromatic N) is 1. The van der Waals surface area contributed by atoms with Gasteiger partial charge in [0.05, 0.1) is 22.2 Å². The van der Waals surface area contributed by atoms with Gasteiger partial charge in [-0.15, -0.1) is 0 Å². The van der Waals surface area contributed by atoms with Crippen LogP contribution in [0.15, 0.2) is 47.4 Å². The Morgan fingerprint density at radius 2 is 1.75 bits per heavy atom. The Balaban J connectivity index is 2.49. The van der Waals surface area contributed by atoms with Crippen LogP contribution in [0.25, 0.3) is 0 Å². The van der Waals surface area contributed by atoms with E-state index in [9.17, 15) is 18.0 Å². The summed E-state index contributed by atoms with van der Waals surface area (Å²) in [5.41, 5.74) is 0.484. The van der Waals surface area contributed by atoms with Crippen molar-refractivity contribution < 1.29 is 22.7 Å². The van der Waals surface area contributed by atoms with Crippen molar-refractivity contribution in [3.8, 4) is 0 Å². The lowest BCUT2D eigenvalue weighted by Gasteiger charge is -2.24. The number of halogens is 2. The van der Waals surface area contributed by atoms with E-state index in [-0.39, 0.29) is 33.1 Å². The molecule has 2 aromatic carbocycles. The average Bonchev–Trinajstić information content (AvgIpc) is 2.62. The minimum Gasteiger partial charge on any atom is -0.465 e. The predicted octanol–water partition coefficient (Wildman–Crippen LogP) is 3.71. The van der Waals surface area contributed by atoms with Crippen molar-refractivity contribution in [2.75, 3.05) is 22.8 Å². The highest BCUT2D eigenvalue weighted by Crippen LogP contribution is 2.33. The van der Waals surface area contributed by atoms with Gasteiger partial charge in [0.1, 0.15) is 6.54 Å². The molecular formula is C18H18Cl2N2O5S. The van der Waals surface area contributed by atoms with Crippen molar-refractivity contribution in [1.29, 1.82) is 0 Å². The molecule has 0 radical (unpaired) electrons. The molecule has 0 spiro atoms. The monoisotopic (exact) mass is 444 g/mol. The molecule has 2 rings (SSSR count). The van der Waals surface area contributed by atoms with Gasteiger partial charge in [0.25, 0.3) is 10.0 Å². The number of anilines is 2. The number of rotatable bonds is 7. The van der Waals surface area contributed by atoms with E-state index in [4.69, 9.17) is 27.9 Å². The molecule has 2 aromatic rings. The molecular weight excluding hydrogens is 427 g/mol. The van der Waals surface area contributed by atoms with Gasteiger partial charge in [0, 0.05) is 17.6 Å². The molecule has 150 valence electrons.